The van der Waals surface area contributed by atoms with Crippen LogP contribution >= 0.6 is 0 Å². The SMILES string of the molecule is CC(C)COc1cccc(C2(c3ccc(OC(F)F)cc3)NC(N)c3ncccc32)c1. The Kier molecular flexibility index (Phi) is 5.89. The maximum atomic E-state index is 12.6. The Hall–Kier alpha value is -3.03. The number of ether oxygens (including phenoxy) is 2. The van der Waals surface area contributed by atoms with E-state index >= 15 is 0 Å². The van der Waals surface area contributed by atoms with Crippen LogP contribution in [0.15, 0.2) is 66.9 Å². The third-order valence-corrected chi connectivity index (χ3v) is 5.27. The Balaban J connectivity index is 1.84. The number of pyridine rings is 1. The fourth-order valence-corrected chi connectivity index (χ4v) is 3.97. The van der Waals surface area contributed by atoms with Crippen molar-refractivity contribution in [2.75, 3.05) is 6.61 Å². The fourth-order valence-electron chi connectivity index (χ4n) is 3.97. The number of aromatic nitrogens is 1. The third kappa shape index (κ3) is 4.11. The van der Waals surface area contributed by atoms with Gasteiger partial charge in [0.15, 0.2) is 0 Å². The highest BCUT2D eigenvalue weighted by Gasteiger charge is 2.46. The van der Waals surface area contributed by atoms with Crippen molar-refractivity contribution in [3.05, 3.63) is 89.2 Å². The van der Waals surface area contributed by atoms with Gasteiger partial charge in [-0.2, -0.15) is 8.78 Å². The molecule has 0 saturated heterocycles. The number of benzene rings is 2. The maximum absolute atomic E-state index is 12.6. The molecule has 0 aliphatic carbocycles. The van der Waals surface area contributed by atoms with Crippen molar-refractivity contribution < 1.29 is 18.3 Å². The minimum absolute atomic E-state index is 0.0941. The standard InChI is InChI=1S/C24H25F2N3O2/c1-15(2)14-30-19-6-3-5-17(13-19)24(16-8-10-18(11-9-16)31-23(25)26)20-7-4-12-28-21(20)22(27)29-24/h3-13,15,22-23,29H,14,27H2,1-2H3. The number of fused-ring (bicyclic) bond motifs is 1. The van der Waals surface area contributed by atoms with E-state index in [0.29, 0.717) is 12.5 Å². The van der Waals surface area contributed by atoms with Crippen molar-refractivity contribution in [2.45, 2.75) is 32.2 Å². The minimum atomic E-state index is -2.88. The van der Waals surface area contributed by atoms with E-state index in [1.165, 1.54) is 12.1 Å². The lowest BCUT2D eigenvalue weighted by atomic mass is 9.78. The van der Waals surface area contributed by atoms with Gasteiger partial charge in [0.05, 0.1) is 17.8 Å². The first-order valence-electron chi connectivity index (χ1n) is 10.2. The molecule has 31 heavy (non-hydrogen) atoms. The average Bonchev–Trinajstić information content (AvgIpc) is 3.06. The first kappa shape index (κ1) is 21.2. The molecule has 1 aliphatic heterocycles. The summed E-state index contributed by atoms with van der Waals surface area (Å²) in [7, 11) is 0. The number of nitrogens with zero attached hydrogens (tertiary/aromatic N) is 1. The third-order valence-electron chi connectivity index (χ3n) is 5.27. The maximum Gasteiger partial charge on any atom is 0.387 e. The van der Waals surface area contributed by atoms with E-state index in [1.54, 1.807) is 18.3 Å². The van der Waals surface area contributed by atoms with Gasteiger partial charge in [0, 0.05) is 11.8 Å². The molecule has 1 aliphatic rings. The quantitative estimate of drug-likeness (QED) is 0.580. The van der Waals surface area contributed by atoms with Crippen molar-refractivity contribution in [2.24, 2.45) is 11.7 Å². The van der Waals surface area contributed by atoms with Crippen molar-refractivity contribution in [3.8, 4) is 11.5 Å². The predicted molar refractivity (Wildman–Crippen MR) is 114 cm³/mol. The van der Waals surface area contributed by atoms with Gasteiger partial charge in [0.1, 0.15) is 17.7 Å². The first-order valence-corrected chi connectivity index (χ1v) is 10.2. The Bertz CT molecular complexity index is 1040. The molecule has 5 nitrogen and oxygen atoms in total. The molecule has 0 amide bonds. The summed E-state index contributed by atoms with van der Waals surface area (Å²) in [6.45, 7) is 1.90. The molecule has 0 radical (unpaired) electrons. The average molecular weight is 425 g/mol. The van der Waals surface area contributed by atoms with E-state index in [9.17, 15) is 8.78 Å². The molecule has 0 saturated carbocycles. The van der Waals surface area contributed by atoms with Gasteiger partial charge in [-0.25, -0.2) is 0 Å². The Morgan fingerprint density at radius 1 is 1.03 bits per heavy atom. The monoisotopic (exact) mass is 425 g/mol. The number of alkyl halides is 2. The molecular weight excluding hydrogens is 400 g/mol. The summed E-state index contributed by atoms with van der Waals surface area (Å²) in [6, 6.07) is 18.3. The molecule has 3 aromatic rings. The minimum Gasteiger partial charge on any atom is -0.493 e. The van der Waals surface area contributed by atoms with E-state index in [0.717, 1.165) is 28.1 Å². The summed E-state index contributed by atoms with van der Waals surface area (Å²) in [5.74, 6) is 1.23. The van der Waals surface area contributed by atoms with Crippen LogP contribution in [-0.4, -0.2) is 18.2 Å². The summed E-state index contributed by atoms with van der Waals surface area (Å²) in [5, 5.41) is 3.49. The molecule has 162 valence electrons. The first-order chi connectivity index (χ1) is 14.9. The second-order valence-corrected chi connectivity index (χ2v) is 7.94. The number of nitrogens with two attached hydrogens (primary N) is 1. The van der Waals surface area contributed by atoms with Gasteiger partial charge in [-0.05, 0) is 47.4 Å². The molecule has 0 fully saturated rings. The molecule has 1 aromatic heterocycles. The Labute approximate surface area is 180 Å². The molecule has 2 aromatic carbocycles. The van der Waals surface area contributed by atoms with Gasteiger partial charge in [-0.3, -0.25) is 10.3 Å². The lowest BCUT2D eigenvalue weighted by Gasteiger charge is -2.33. The highest BCUT2D eigenvalue weighted by atomic mass is 19.3. The van der Waals surface area contributed by atoms with Crippen LogP contribution in [0.25, 0.3) is 0 Å². The van der Waals surface area contributed by atoms with Crippen molar-refractivity contribution in [1.29, 1.82) is 0 Å². The van der Waals surface area contributed by atoms with Crippen LogP contribution in [0.3, 0.4) is 0 Å². The zero-order valence-electron chi connectivity index (χ0n) is 17.4. The number of nitrogens with one attached hydrogen (secondary N) is 1. The van der Waals surface area contributed by atoms with Crippen molar-refractivity contribution in [3.63, 3.8) is 0 Å². The molecule has 4 rings (SSSR count). The molecule has 2 heterocycles. The van der Waals surface area contributed by atoms with Crippen LogP contribution in [0, 0.1) is 5.92 Å². The zero-order chi connectivity index (χ0) is 22.0. The van der Waals surface area contributed by atoms with Crippen LogP contribution in [0.5, 0.6) is 11.5 Å². The predicted octanol–water partition coefficient (Wildman–Crippen LogP) is 4.57. The molecule has 2 unspecified atom stereocenters. The van der Waals surface area contributed by atoms with Gasteiger partial charge in [-0.1, -0.05) is 44.2 Å². The Morgan fingerprint density at radius 2 is 1.81 bits per heavy atom. The molecule has 0 spiro atoms. The second kappa shape index (κ2) is 8.61. The van der Waals surface area contributed by atoms with Crippen LogP contribution in [0.1, 0.15) is 42.4 Å². The molecule has 2 atom stereocenters. The van der Waals surface area contributed by atoms with Gasteiger partial charge in [0.2, 0.25) is 0 Å². The number of hydrogen-bond acceptors (Lipinski definition) is 5. The van der Waals surface area contributed by atoms with Crippen LogP contribution < -0.4 is 20.5 Å². The van der Waals surface area contributed by atoms with Gasteiger partial charge >= 0.3 is 6.61 Å². The molecular formula is C24H25F2N3O2. The molecule has 0 bridgehead atoms. The van der Waals surface area contributed by atoms with E-state index in [4.69, 9.17) is 10.5 Å². The van der Waals surface area contributed by atoms with Crippen molar-refractivity contribution in [1.82, 2.24) is 10.3 Å². The lowest BCUT2D eigenvalue weighted by Crippen LogP contribution is -2.42. The van der Waals surface area contributed by atoms with Crippen molar-refractivity contribution >= 4 is 0 Å². The largest absolute Gasteiger partial charge is 0.493 e. The normalized spacial score (nSPS) is 20.2. The summed E-state index contributed by atoms with van der Waals surface area (Å²) >= 11 is 0. The number of halogens is 2. The zero-order valence-corrected chi connectivity index (χ0v) is 17.4. The smallest absolute Gasteiger partial charge is 0.387 e. The van der Waals surface area contributed by atoms with Crippen LogP contribution in [0.4, 0.5) is 8.78 Å². The second-order valence-electron chi connectivity index (χ2n) is 7.94. The summed E-state index contributed by atoms with van der Waals surface area (Å²) in [5.41, 5.74) is 8.98. The molecule has 3 N–H and O–H groups in total. The summed E-state index contributed by atoms with van der Waals surface area (Å²) in [4.78, 5) is 4.48. The highest BCUT2D eigenvalue weighted by Crippen LogP contribution is 2.45. The topological polar surface area (TPSA) is 69.4 Å². The van der Waals surface area contributed by atoms with Gasteiger partial charge in [-0.15, -0.1) is 0 Å². The van der Waals surface area contributed by atoms with E-state index in [2.05, 4.69) is 28.9 Å². The van der Waals surface area contributed by atoms with Gasteiger partial charge < -0.3 is 15.2 Å². The van der Waals surface area contributed by atoms with Crippen LogP contribution in [0.2, 0.25) is 0 Å². The summed E-state index contributed by atoms with van der Waals surface area (Å²) < 4.78 is 35.7. The van der Waals surface area contributed by atoms with E-state index < -0.39 is 18.3 Å². The highest BCUT2D eigenvalue weighted by molar-refractivity contribution is 5.56. The van der Waals surface area contributed by atoms with E-state index in [1.807, 2.05) is 36.4 Å². The Morgan fingerprint density at radius 3 is 2.52 bits per heavy atom. The van der Waals surface area contributed by atoms with E-state index in [-0.39, 0.29) is 5.75 Å². The van der Waals surface area contributed by atoms with Gasteiger partial charge in [0.25, 0.3) is 0 Å². The fraction of sp³-hybridized carbons (Fsp3) is 0.292. The summed E-state index contributed by atoms with van der Waals surface area (Å²) in [6.07, 6.45) is 1.21. The van der Waals surface area contributed by atoms with Crippen LogP contribution in [-0.2, 0) is 5.54 Å². The lowest BCUT2D eigenvalue weighted by molar-refractivity contribution is -0.0498. The number of rotatable bonds is 7. The molecule has 7 heteroatoms. The number of hydrogen-bond donors (Lipinski definition) is 2.